The zero-order chi connectivity index (χ0) is 26.1. The van der Waals surface area contributed by atoms with Gasteiger partial charge in [-0.25, -0.2) is 0 Å². The molecule has 0 aliphatic rings. The minimum Gasteiger partial charge on any atom is -0.483 e. The zero-order valence-corrected chi connectivity index (χ0v) is 23.2. The summed E-state index contributed by atoms with van der Waals surface area (Å²) >= 11 is 9.61. The molecular formula is C29H32BrClN2O3. The summed E-state index contributed by atoms with van der Waals surface area (Å²) in [5.74, 6) is 0.0964. The average molecular weight is 572 g/mol. The van der Waals surface area contributed by atoms with E-state index in [-0.39, 0.29) is 31.0 Å². The third kappa shape index (κ3) is 8.10. The van der Waals surface area contributed by atoms with Crippen molar-refractivity contribution in [2.45, 2.75) is 52.2 Å². The monoisotopic (exact) mass is 570 g/mol. The summed E-state index contributed by atoms with van der Waals surface area (Å²) in [6.07, 6.45) is 1.28. The molecule has 0 saturated heterocycles. The van der Waals surface area contributed by atoms with Gasteiger partial charge in [0.1, 0.15) is 11.8 Å². The minimum atomic E-state index is -0.715. The summed E-state index contributed by atoms with van der Waals surface area (Å²) in [5, 5.41) is 3.60. The van der Waals surface area contributed by atoms with Gasteiger partial charge in [0.05, 0.1) is 4.47 Å². The number of hydrogen-bond donors (Lipinski definition) is 1. The number of carbonyl (C=O) groups excluding carboxylic acids is 2. The molecule has 36 heavy (non-hydrogen) atoms. The Morgan fingerprint density at radius 3 is 2.25 bits per heavy atom. The Morgan fingerprint density at radius 1 is 0.972 bits per heavy atom. The van der Waals surface area contributed by atoms with Crippen LogP contribution in [0.15, 0.2) is 77.3 Å². The quantitative estimate of drug-likeness (QED) is 0.298. The molecule has 0 aliphatic carbocycles. The van der Waals surface area contributed by atoms with Crippen LogP contribution in [-0.4, -0.2) is 35.4 Å². The van der Waals surface area contributed by atoms with E-state index >= 15 is 0 Å². The molecule has 1 N–H and O–H groups in total. The van der Waals surface area contributed by atoms with E-state index in [4.69, 9.17) is 16.3 Å². The molecule has 3 aromatic rings. The lowest BCUT2D eigenvalue weighted by Crippen LogP contribution is -2.52. The maximum atomic E-state index is 13.6. The van der Waals surface area contributed by atoms with Gasteiger partial charge in [0, 0.05) is 24.0 Å². The van der Waals surface area contributed by atoms with Crippen molar-refractivity contribution < 1.29 is 14.3 Å². The Balaban J connectivity index is 1.90. The Morgan fingerprint density at radius 2 is 1.64 bits per heavy atom. The fourth-order valence-electron chi connectivity index (χ4n) is 3.82. The van der Waals surface area contributed by atoms with Gasteiger partial charge in [0.2, 0.25) is 5.91 Å². The van der Waals surface area contributed by atoms with E-state index in [0.29, 0.717) is 17.2 Å². The van der Waals surface area contributed by atoms with Gasteiger partial charge < -0.3 is 15.0 Å². The summed E-state index contributed by atoms with van der Waals surface area (Å²) < 4.78 is 6.70. The van der Waals surface area contributed by atoms with Crippen LogP contribution in [0.25, 0.3) is 0 Å². The molecule has 0 unspecified atom stereocenters. The Hall–Kier alpha value is -2.83. The lowest BCUT2D eigenvalue weighted by atomic mass is 10.0. The zero-order valence-electron chi connectivity index (χ0n) is 20.8. The molecule has 0 aliphatic heterocycles. The van der Waals surface area contributed by atoms with E-state index in [1.807, 2.05) is 74.5 Å². The van der Waals surface area contributed by atoms with Crippen LogP contribution in [-0.2, 0) is 29.0 Å². The standard InChI is InChI=1S/C29H32BrClN2O3/c1-4-21-12-15-27(25(30)16-21)36-19-28(34)33(18-23-10-13-24(31)14-11-23)26(29(35)32-20(2)3)17-22-8-6-5-7-9-22/h5-16,20,26H,4,17-19H2,1-3H3,(H,32,35)/t26-/m1/s1. The molecule has 190 valence electrons. The Kier molecular flexibility index (Phi) is 10.4. The smallest absolute Gasteiger partial charge is 0.261 e. The molecule has 0 radical (unpaired) electrons. The highest BCUT2D eigenvalue weighted by Crippen LogP contribution is 2.26. The van der Waals surface area contributed by atoms with E-state index in [9.17, 15) is 9.59 Å². The Bertz CT molecular complexity index is 1150. The molecule has 0 aromatic heterocycles. The summed E-state index contributed by atoms with van der Waals surface area (Å²) in [7, 11) is 0. The van der Waals surface area contributed by atoms with Crippen LogP contribution in [0.2, 0.25) is 5.02 Å². The molecule has 0 spiro atoms. The normalized spacial score (nSPS) is 11.7. The fourth-order valence-corrected chi connectivity index (χ4v) is 4.49. The highest BCUT2D eigenvalue weighted by molar-refractivity contribution is 9.10. The molecule has 0 fully saturated rings. The van der Waals surface area contributed by atoms with E-state index in [2.05, 4.69) is 28.2 Å². The first-order chi connectivity index (χ1) is 17.3. The molecule has 5 nitrogen and oxygen atoms in total. The number of aryl methyl sites for hydroxylation is 1. The van der Waals surface area contributed by atoms with Crippen LogP contribution >= 0.6 is 27.5 Å². The predicted molar refractivity (Wildman–Crippen MR) is 148 cm³/mol. The minimum absolute atomic E-state index is 0.0625. The van der Waals surface area contributed by atoms with Crippen LogP contribution < -0.4 is 10.1 Å². The second-order valence-corrected chi connectivity index (χ2v) is 10.2. The summed E-state index contributed by atoms with van der Waals surface area (Å²) in [6.45, 7) is 5.94. The van der Waals surface area contributed by atoms with E-state index in [0.717, 1.165) is 27.6 Å². The molecule has 2 amide bonds. The van der Waals surface area contributed by atoms with Gasteiger partial charge in [-0.05, 0) is 77.2 Å². The third-order valence-corrected chi connectivity index (χ3v) is 6.60. The van der Waals surface area contributed by atoms with Crippen LogP contribution in [0.5, 0.6) is 5.75 Å². The predicted octanol–water partition coefficient (Wildman–Crippen LogP) is 6.21. The van der Waals surface area contributed by atoms with Crippen molar-refractivity contribution in [1.82, 2.24) is 10.2 Å². The van der Waals surface area contributed by atoms with Gasteiger partial charge in [-0.3, -0.25) is 9.59 Å². The first kappa shape index (κ1) is 27.8. The average Bonchev–Trinajstić information content (AvgIpc) is 2.86. The van der Waals surface area contributed by atoms with Gasteiger partial charge in [-0.1, -0.05) is 67.1 Å². The second kappa shape index (κ2) is 13.5. The van der Waals surface area contributed by atoms with Crippen molar-refractivity contribution in [3.8, 4) is 5.75 Å². The molecule has 1 atom stereocenters. The van der Waals surface area contributed by atoms with E-state index in [1.54, 1.807) is 17.0 Å². The number of hydrogen-bond acceptors (Lipinski definition) is 3. The molecule has 3 aromatic carbocycles. The van der Waals surface area contributed by atoms with Gasteiger partial charge >= 0.3 is 0 Å². The SMILES string of the molecule is CCc1ccc(OCC(=O)N(Cc2ccc(Cl)cc2)[C@H](Cc2ccccc2)C(=O)NC(C)C)c(Br)c1. The van der Waals surface area contributed by atoms with E-state index < -0.39 is 6.04 Å². The summed E-state index contributed by atoms with van der Waals surface area (Å²) in [4.78, 5) is 28.6. The molecular weight excluding hydrogens is 540 g/mol. The van der Waals surface area contributed by atoms with Crippen molar-refractivity contribution in [3.63, 3.8) is 0 Å². The topological polar surface area (TPSA) is 58.6 Å². The maximum Gasteiger partial charge on any atom is 0.261 e. The first-order valence-electron chi connectivity index (χ1n) is 12.1. The molecule has 0 heterocycles. The third-order valence-electron chi connectivity index (χ3n) is 5.72. The highest BCUT2D eigenvalue weighted by atomic mass is 79.9. The highest BCUT2D eigenvalue weighted by Gasteiger charge is 2.31. The van der Waals surface area contributed by atoms with Crippen LogP contribution in [0.1, 0.15) is 37.5 Å². The van der Waals surface area contributed by atoms with Crippen molar-refractivity contribution in [1.29, 1.82) is 0 Å². The van der Waals surface area contributed by atoms with Crippen molar-refractivity contribution in [3.05, 3.63) is 99.0 Å². The molecule has 7 heteroatoms. The maximum absolute atomic E-state index is 13.6. The van der Waals surface area contributed by atoms with Gasteiger partial charge in [0.25, 0.3) is 5.91 Å². The largest absolute Gasteiger partial charge is 0.483 e. The molecule has 0 bridgehead atoms. The number of nitrogens with zero attached hydrogens (tertiary/aromatic N) is 1. The lowest BCUT2D eigenvalue weighted by Gasteiger charge is -2.32. The Labute approximate surface area is 226 Å². The van der Waals surface area contributed by atoms with Gasteiger partial charge in [-0.2, -0.15) is 0 Å². The van der Waals surface area contributed by atoms with E-state index in [1.165, 1.54) is 0 Å². The number of amides is 2. The van der Waals surface area contributed by atoms with Crippen molar-refractivity contribution in [2.75, 3.05) is 6.61 Å². The van der Waals surface area contributed by atoms with Crippen LogP contribution in [0, 0.1) is 0 Å². The van der Waals surface area contributed by atoms with Crippen molar-refractivity contribution >= 4 is 39.3 Å². The lowest BCUT2D eigenvalue weighted by molar-refractivity contribution is -0.143. The number of carbonyl (C=O) groups is 2. The summed E-state index contributed by atoms with van der Waals surface area (Å²) in [6, 6.07) is 22.0. The second-order valence-electron chi connectivity index (χ2n) is 8.92. The molecule has 0 saturated carbocycles. The number of halogens is 2. The van der Waals surface area contributed by atoms with Crippen LogP contribution in [0.3, 0.4) is 0 Å². The number of benzene rings is 3. The van der Waals surface area contributed by atoms with Crippen molar-refractivity contribution in [2.24, 2.45) is 0 Å². The first-order valence-corrected chi connectivity index (χ1v) is 13.2. The van der Waals surface area contributed by atoms with Crippen LogP contribution in [0.4, 0.5) is 0 Å². The van der Waals surface area contributed by atoms with Gasteiger partial charge in [0.15, 0.2) is 6.61 Å². The number of nitrogens with one attached hydrogen (secondary N) is 1. The summed E-state index contributed by atoms with van der Waals surface area (Å²) in [5.41, 5.74) is 3.00. The number of ether oxygens (including phenoxy) is 1. The number of rotatable bonds is 11. The fraction of sp³-hybridized carbons (Fsp3) is 0.310. The molecule has 3 rings (SSSR count). The van der Waals surface area contributed by atoms with Gasteiger partial charge in [-0.15, -0.1) is 0 Å².